The van der Waals surface area contributed by atoms with E-state index in [9.17, 15) is 14.9 Å². The molecule has 0 aromatic heterocycles. The van der Waals surface area contributed by atoms with Crippen LogP contribution in [0.4, 0.5) is 5.69 Å². The van der Waals surface area contributed by atoms with Crippen LogP contribution < -0.4 is 10.6 Å². The highest BCUT2D eigenvalue weighted by molar-refractivity contribution is 5.85. The largest absolute Gasteiger partial charge is 0.353 e. The number of carbonyl (C=O) groups excluding carboxylic acids is 1. The zero-order valence-electron chi connectivity index (χ0n) is 8.47. The summed E-state index contributed by atoms with van der Waals surface area (Å²) >= 11 is 0. The lowest BCUT2D eigenvalue weighted by molar-refractivity contribution is -0.385. The molecule has 1 amide bonds. The highest BCUT2D eigenvalue weighted by Crippen LogP contribution is 2.25. The molecule has 16 heavy (non-hydrogen) atoms. The van der Waals surface area contributed by atoms with Gasteiger partial charge in [0.15, 0.2) is 0 Å². The molecule has 0 radical (unpaired) electrons. The van der Waals surface area contributed by atoms with Crippen molar-refractivity contribution < 1.29 is 9.72 Å². The van der Waals surface area contributed by atoms with E-state index in [2.05, 4.69) is 10.6 Å². The molecule has 1 heterocycles. The Labute approximate surface area is 91.8 Å². The fourth-order valence-electron chi connectivity index (χ4n) is 1.75. The highest BCUT2D eigenvalue weighted by atomic mass is 16.6. The number of hydrogen-bond acceptors (Lipinski definition) is 4. The number of piperazine rings is 1. The lowest BCUT2D eigenvalue weighted by Gasteiger charge is -2.23. The molecule has 2 N–H and O–H groups in total. The van der Waals surface area contributed by atoms with Crippen molar-refractivity contribution in [2.24, 2.45) is 0 Å². The Morgan fingerprint density at radius 3 is 2.75 bits per heavy atom. The van der Waals surface area contributed by atoms with E-state index in [1.807, 2.05) is 0 Å². The summed E-state index contributed by atoms with van der Waals surface area (Å²) in [5.74, 6) is -0.222. The average molecular weight is 221 g/mol. The van der Waals surface area contributed by atoms with Crippen molar-refractivity contribution in [3.05, 3.63) is 39.9 Å². The number of nitrogens with one attached hydrogen (secondary N) is 2. The van der Waals surface area contributed by atoms with Crippen molar-refractivity contribution in [1.82, 2.24) is 10.6 Å². The van der Waals surface area contributed by atoms with E-state index < -0.39 is 11.0 Å². The average Bonchev–Trinajstić information content (AvgIpc) is 2.29. The SMILES string of the molecule is O=C1NCCN[C@@H]1c1ccccc1[N+](=O)[O-]. The first-order valence-corrected chi connectivity index (χ1v) is 4.94. The number of nitro groups is 1. The topological polar surface area (TPSA) is 84.3 Å². The Morgan fingerprint density at radius 1 is 1.31 bits per heavy atom. The second-order valence-electron chi connectivity index (χ2n) is 3.49. The first-order chi connectivity index (χ1) is 7.70. The van der Waals surface area contributed by atoms with Crippen LogP contribution in [0.15, 0.2) is 24.3 Å². The molecule has 1 aromatic rings. The van der Waals surface area contributed by atoms with Gasteiger partial charge in [0.1, 0.15) is 6.04 Å². The number of nitro benzene ring substituents is 1. The van der Waals surface area contributed by atoms with Crippen molar-refractivity contribution >= 4 is 11.6 Å². The first kappa shape index (κ1) is 10.6. The third kappa shape index (κ3) is 1.87. The molecule has 0 spiro atoms. The molecule has 6 nitrogen and oxygen atoms in total. The summed E-state index contributed by atoms with van der Waals surface area (Å²) in [6.45, 7) is 1.17. The number of rotatable bonds is 2. The number of para-hydroxylation sites is 1. The van der Waals surface area contributed by atoms with Crippen LogP contribution in [0.1, 0.15) is 11.6 Å². The van der Waals surface area contributed by atoms with E-state index in [-0.39, 0.29) is 11.6 Å². The van der Waals surface area contributed by atoms with Crippen molar-refractivity contribution in [2.45, 2.75) is 6.04 Å². The molecule has 0 aliphatic carbocycles. The van der Waals surface area contributed by atoms with E-state index in [0.717, 1.165) is 0 Å². The fourth-order valence-corrected chi connectivity index (χ4v) is 1.75. The molecule has 6 heteroatoms. The third-order valence-corrected chi connectivity index (χ3v) is 2.48. The summed E-state index contributed by atoms with van der Waals surface area (Å²) < 4.78 is 0. The molecule has 1 aromatic carbocycles. The summed E-state index contributed by atoms with van der Waals surface area (Å²) in [6.07, 6.45) is 0. The van der Waals surface area contributed by atoms with Crippen molar-refractivity contribution in [2.75, 3.05) is 13.1 Å². The number of carbonyl (C=O) groups is 1. The van der Waals surface area contributed by atoms with Crippen LogP contribution in [0.5, 0.6) is 0 Å². The highest BCUT2D eigenvalue weighted by Gasteiger charge is 2.28. The molecule has 0 bridgehead atoms. The van der Waals surface area contributed by atoms with Crippen LogP contribution in [0, 0.1) is 10.1 Å². The molecule has 0 saturated carbocycles. The molecule has 1 fully saturated rings. The monoisotopic (exact) mass is 221 g/mol. The van der Waals surface area contributed by atoms with Crippen molar-refractivity contribution in [3.8, 4) is 0 Å². The first-order valence-electron chi connectivity index (χ1n) is 4.94. The maximum absolute atomic E-state index is 11.6. The maximum atomic E-state index is 11.6. The van der Waals surface area contributed by atoms with Gasteiger partial charge in [-0.15, -0.1) is 0 Å². The maximum Gasteiger partial charge on any atom is 0.274 e. The lowest BCUT2D eigenvalue weighted by Crippen LogP contribution is -2.47. The normalized spacial score (nSPS) is 20.2. The van der Waals surface area contributed by atoms with Gasteiger partial charge in [-0.05, 0) is 0 Å². The van der Waals surface area contributed by atoms with Gasteiger partial charge in [-0.2, -0.15) is 0 Å². The Hall–Kier alpha value is -1.95. The Kier molecular flexibility index (Phi) is 2.82. The molecule has 84 valence electrons. The van der Waals surface area contributed by atoms with Crippen molar-refractivity contribution in [1.29, 1.82) is 0 Å². The second kappa shape index (κ2) is 4.28. The molecule has 1 atom stereocenters. The fraction of sp³-hybridized carbons (Fsp3) is 0.300. The van der Waals surface area contributed by atoms with Crippen molar-refractivity contribution in [3.63, 3.8) is 0 Å². The predicted octanol–water partition coefficient (Wildman–Crippen LogP) is 0.355. The summed E-state index contributed by atoms with van der Waals surface area (Å²) in [5, 5.41) is 16.5. The standard InChI is InChI=1S/C10H11N3O3/c14-10-9(11-5-6-12-10)7-3-1-2-4-8(7)13(15)16/h1-4,9,11H,5-6H2,(H,12,14)/t9-/m1/s1. The Bertz CT molecular complexity index is 433. The van der Waals surface area contributed by atoms with E-state index in [0.29, 0.717) is 18.7 Å². The van der Waals surface area contributed by atoms with E-state index >= 15 is 0 Å². The molecule has 1 saturated heterocycles. The Morgan fingerprint density at radius 2 is 2.06 bits per heavy atom. The van der Waals surface area contributed by atoms with Gasteiger partial charge in [0.25, 0.3) is 5.69 Å². The van der Waals surface area contributed by atoms with Crippen LogP contribution >= 0.6 is 0 Å². The minimum absolute atomic E-state index is 0.0305. The summed E-state index contributed by atoms with van der Waals surface area (Å²) in [6, 6.07) is 5.64. The van der Waals surface area contributed by atoms with Gasteiger partial charge in [0.05, 0.1) is 10.5 Å². The van der Waals surface area contributed by atoms with Crippen LogP contribution in [0.25, 0.3) is 0 Å². The lowest BCUT2D eigenvalue weighted by atomic mass is 10.0. The van der Waals surface area contributed by atoms with Gasteiger partial charge in [0, 0.05) is 19.2 Å². The van der Waals surface area contributed by atoms with Gasteiger partial charge >= 0.3 is 0 Å². The van der Waals surface area contributed by atoms with Crippen LogP contribution in [0.3, 0.4) is 0 Å². The summed E-state index contributed by atoms with van der Waals surface area (Å²) in [5.41, 5.74) is 0.377. The zero-order valence-corrected chi connectivity index (χ0v) is 8.47. The van der Waals surface area contributed by atoms with E-state index in [1.165, 1.54) is 6.07 Å². The summed E-state index contributed by atoms with van der Waals surface area (Å²) in [4.78, 5) is 21.9. The minimum atomic E-state index is -0.629. The zero-order chi connectivity index (χ0) is 11.5. The second-order valence-corrected chi connectivity index (χ2v) is 3.49. The van der Waals surface area contributed by atoms with E-state index in [4.69, 9.17) is 0 Å². The van der Waals surface area contributed by atoms with Gasteiger partial charge < -0.3 is 10.6 Å². The summed E-state index contributed by atoms with van der Waals surface area (Å²) in [7, 11) is 0. The third-order valence-electron chi connectivity index (χ3n) is 2.48. The van der Waals surface area contributed by atoms with Crippen LogP contribution in [0.2, 0.25) is 0 Å². The smallest absolute Gasteiger partial charge is 0.274 e. The van der Waals surface area contributed by atoms with Gasteiger partial charge in [-0.25, -0.2) is 0 Å². The van der Waals surface area contributed by atoms with Gasteiger partial charge in [0.2, 0.25) is 5.91 Å². The number of amides is 1. The van der Waals surface area contributed by atoms with Gasteiger partial charge in [-0.3, -0.25) is 14.9 Å². The van der Waals surface area contributed by atoms with Crippen LogP contribution in [-0.2, 0) is 4.79 Å². The number of hydrogen-bond donors (Lipinski definition) is 2. The predicted molar refractivity (Wildman–Crippen MR) is 56.8 cm³/mol. The van der Waals surface area contributed by atoms with E-state index in [1.54, 1.807) is 18.2 Å². The quantitative estimate of drug-likeness (QED) is 0.557. The molecular weight excluding hydrogens is 210 g/mol. The number of nitrogens with zero attached hydrogens (tertiary/aromatic N) is 1. The molecular formula is C10H11N3O3. The minimum Gasteiger partial charge on any atom is -0.353 e. The molecule has 0 unspecified atom stereocenters. The molecule has 1 aliphatic rings. The number of benzene rings is 1. The van der Waals surface area contributed by atoms with Crippen LogP contribution in [-0.4, -0.2) is 23.9 Å². The molecule has 2 rings (SSSR count). The molecule has 1 aliphatic heterocycles. The Balaban J connectivity index is 2.38. The van der Waals surface area contributed by atoms with Gasteiger partial charge in [-0.1, -0.05) is 18.2 Å².